The van der Waals surface area contributed by atoms with Crippen molar-refractivity contribution < 1.29 is 9.90 Å². The van der Waals surface area contributed by atoms with Crippen LogP contribution in [0.15, 0.2) is 12.3 Å². The Bertz CT molecular complexity index is 410. The third-order valence-corrected chi connectivity index (χ3v) is 2.47. The number of nitrogen functional groups attached to an aromatic ring is 1. The van der Waals surface area contributed by atoms with E-state index in [0.29, 0.717) is 10.7 Å². The van der Waals surface area contributed by atoms with Crippen molar-refractivity contribution in [3.05, 3.63) is 17.3 Å². The first-order valence-electron chi connectivity index (χ1n) is 4.47. The van der Waals surface area contributed by atoms with Gasteiger partial charge in [0, 0.05) is 6.20 Å². The van der Waals surface area contributed by atoms with Crippen LogP contribution in [0.4, 0.5) is 11.5 Å². The number of β-amino-alcohol motifs (C(OH)–C–C–N with tert-alkyl or cyclic N) is 1. The molecule has 2 rings (SSSR count). The molecule has 1 amide bonds. The second kappa shape index (κ2) is 3.67. The number of carbonyl (C=O) groups is 1. The molecule has 1 saturated heterocycles. The van der Waals surface area contributed by atoms with Crippen molar-refractivity contribution in [3.63, 3.8) is 0 Å². The molecular weight excluding hydrogens is 218 g/mol. The van der Waals surface area contributed by atoms with Crippen LogP contribution in [-0.2, 0) is 4.79 Å². The zero-order valence-corrected chi connectivity index (χ0v) is 8.61. The van der Waals surface area contributed by atoms with Crippen molar-refractivity contribution in [2.24, 2.45) is 0 Å². The van der Waals surface area contributed by atoms with Crippen LogP contribution >= 0.6 is 11.6 Å². The summed E-state index contributed by atoms with van der Waals surface area (Å²) in [5.74, 6) is 0.0696. The number of nitrogens with two attached hydrogens (primary N) is 1. The van der Waals surface area contributed by atoms with Crippen molar-refractivity contribution in [3.8, 4) is 0 Å². The predicted octanol–water partition coefficient (Wildman–Crippen LogP) is 0.415. The largest absolute Gasteiger partial charge is 0.391 e. The first-order chi connectivity index (χ1) is 7.08. The van der Waals surface area contributed by atoms with Gasteiger partial charge in [-0.2, -0.15) is 0 Å². The topological polar surface area (TPSA) is 79.4 Å². The van der Waals surface area contributed by atoms with Gasteiger partial charge >= 0.3 is 0 Å². The fourth-order valence-electron chi connectivity index (χ4n) is 1.58. The quantitative estimate of drug-likeness (QED) is 0.729. The Morgan fingerprint density at radius 1 is 1.67 bits per heavy atom. The van der Waals surface area contributed by atoms with Gasteiger partial charge in [-0.3, -0.25) is 4.79 Å². The maximum atomic E-state index is 11.5. The summed E-state index contributed by atoms with van der Waals surface area (Å²) in [6.45, 7) is 0.241. The summed E-state index contributed by atoms with van der Waals surface area (Å²) >= 11 is 5.76. The van der Waals surface area contributed by atoms with E-state index in [0.717, 1.165) is 0 Å². The van der Waals surface area contributed by atoms with Gasteiger partial charge in [0.2, 0.25) is 5.91 Å². The molecule has 0 spiro atoms. The van der Waals surface area contributed by atoms with Gasteiger partial charge in [-0.15, -0.1) is 0 Å². The molecule has 80 valence electrons. The maximum absolute atomic E-state index is 11.5. The fraction of sp³-hybridized carbons (Fsp3) is 0.333. The highest BCUT2D eigenvalue weighted by molar-refractivity contribution is 6.30. The van der Waals surface area contributed by atoms with Crippen molar-refractivity contribution >= 4 is 29.0 Å². The number of aromatic nitrogens is 1. The van der Waals surface area contributed by atoms with Gasteiger partial charge in [0.1, 0.15) is 5.82 Å². The Hall–Kier alpha value is -1.33. The lowest BCUT2D eigenvalue weighted by atomic mass is 10.3. The SMILES string of the molecule is Nc1ncc(Cl)cc1N1CC(O)CC1=O. The predicted molar refractivity (Wildman–Crippen MR) is 56.6 cm³/mol. The van der Waals surface area contributed by atoms with Gasteiger partial charge in [0.25, 0.3) is 0 Å². The molecule has 0 aromatic carbocycles. The number of hydrogen-bond donors (Lipinski definition) is 2. The van der Waals surface area contributed by atoms with Crippen molar-refractivity contribution in [1.29, 1.82) is 0 Å². The molecule has 0 aliphatic carbocycles. The number of carbonyl (C=O) groups excluding carboxylic acids is 1. The second-order valence-corrected chi connectivity index (χ2v) is 3.86. The van der Waals surface area contributed by atoms with Gasteiger partial charge in [0.15, 0.2) is 0 Å². The molecular formula is C9H10ClN3O2. The Balaban J connectivity index is 2.37. The molecule has 1 aliphatic rings. The van der Waals surface area contributed by atoms with Crippen LogP contribution in [0.3, 0.4) is 0 Å². The fourth-order valence-corrected chi connectivity index (χ4v) is 1.73. The molecule has 1 atom stereocenters. The first-order valence-corrected chi connectivity index (χ1v) is 4.85. The number of pyridine rings is 1. The van der Waals surface area contributed by atoms with Crippen molar-refractivity contribution in [2.75, 3.05) is 17.2 Å². The lowest BCUT2D eigenvalue weighted by Gasteiger charge is -2.17. The number of hydrogen-bond acceptors (Lipinski definition) is 4. The summed E-state index contributed by atoms with van der Waals surface area (Å²) in [5, 5.41) is 9.75. The summed E-state index contributed by atoms with van der Waals surface area (Å²) in [6, 6.07) is 1.57. The lowest BCUT2D eigenvalue weighted by molar-refractivity contribution is -0.117. The minimum Gasteiger partial charge on any atom is -0.391 e. The van der Waals surface area contributed by atoms with E-state index in [1.807, 2.05) is 0 Å². The summed E-state index contributed by atoms with van der Waals surface area (Å²) < 4.78 is 0. The van der Waals surface area contributed by atoms with Crippen molar-refractivity contribution in [1.82, 2.24) is 4.98 Å². The third kappa shape index (κ3) is 1.88. The molecule has 1 aliphatic heterocycles. The maximum Gasteiger partial charge on any atom is 0.229 e. The average Bonchev–Trinajstić information content (AvgIpc) is 2.50. The Labute approximate surface area is 91.5 Å². The van der Waals surface area contributed by atoms with E-state index in [4.69, 9.17) is 17.3 Å². The zero-order chi connectivity index (χ0) is 11.0. The zero-order valence-electron chi connectivity index (χ0n) is 7.85. The van der Waals surface area contributed by atoms with Crippen LogP contribution in [0.1, 0.15) is 6.42 Å². The van der Waals surface area contributed by atoms with Crippen LogP contribution in [0, 0.1) is 0 Å². The van der Waals surface area contributed by atoms with Crippen molar-refractivity contribution in [2.45, 2.75) is 12.5 Å². The molecule has 1 aromatic heterocycles. The molecule has 3 N–H and O–H groups in total. The van der Waals surface area contributed by atoms with Gasteiger partial charge in [0.05, 0.1) is 29.8 Å². The Kier molecular flexibility index (Phi) is 2.50. The van der Waals surface area contributed by atoms with Crippen LogP contribution < -0.4 is 10.6 Å². The average molecular weight is 228 g/mol. The Morgan fingerprint density at radius 3 is 3.00 bits per heavy atom. The monoisotopic (exact) mass is 227 g/mol. The molecule has 0 saturated carbocycles. The summed E-state index contributed by atoms with van der Waals surface area (Å²) in [6.07, 6.45) is 0.888. The number of aliphatic hydroxyl groups is 1. The van der Waals surface area contributed by atoms with E-state index < -0.39 is 6.10 Å². The van der Waals surface area contributed by atoms with Crippen LogP contribution in [0.5, 0.6) is 0 Å². The molecule has 6 heteroatoms. The number of halogens is 1. The van der Waals surface area contributed by atoms with Crippen LogP contribution in [0.2, 0.25) is 5.02 Å². The second-order valence-electron chi connectivity index (χ2n) is 3.42. The van der Waals surface area contributed by atoms with Crippen LogP contribution in [0.25, 0.3) is 0 Å². The molecule has 2 heterocycles. The lowest BCUT2D eigenvalue weighted by Crippen LogP contribution is -2.26. The number of aliphatic hydroxyl groups excluding tert-OH is 1. The van der Waals surface area contributed by atoms with Gasteiger partial charge in [-0.05, 0) is 6.07 Å². The molecule has 1 aromatic rings. The molecule has 0 radical (unpaired) electrons. The van der Waals surface area contributed by atoms with Gasteiger partial charge in [-0.1, -0.05) is 11.6 Å². The van der Waals surface area contributed by atoms with E-state index in [1.54, 1.807) is 6.07 Å². The summed E-state index contributed by atoms with van der Waals surface area (Å²) in [7, 11) is 0. The number of amides is 1. The summed E-state index contributed by atoms with van der Waals surface area (Å²) in [5.41, 5.74) is 6.09. The van der Waals surface area contributed by atoms with Crippen LogP contribution in [-0.4, -0.2) is 28.6 Å². The summed E-state index contributed by atoms with van der Waals surface area (Å²) in [4.78, 5) is 16.7. The normalized spacial score (nSPS) is 21.1. The highest BCUT2D eigenvalue weighted by atomic mass is 35.5. The van der Waals surface area contributed by atoms with E-state index in [1.165, 1.54) is 11.1 Å². The molecule has 1 fully saturated rings. The molecule has 5 nitrogen and oxygen atoms in total. The van der Waals surface area contributed by atoms with E-state index in [9.17, 15) is 9.90 Å². The van der Waals surface area contributed by atoms with E-state index in [2.05, 4.69) is 4.98 Å². The molecule has 15 heavy (non-hydrogen) atoms. The minimum absolute atomic E-state index is 0.117. The molecule has 0 bridgehead atoms. The third-order valence-electron chi connectivity index (χ3n) is 2.26. The number of anilines is 2. The highest BCUT2D eigenvalue weighted by Crippen LogP contribution is 2.28. The first kappa shape index (κ1) is 10.2. The minimum atomic E-state index is -0.643. The molecule has 1 unspecified atom stereocenters. The highest BCUT2D eigenvalue weighted by Gasteiger charge is 2.30. The smallest absolute Gasteiger partial charge is 0.229 e. The van der Waals surface area contributed by atoms with Gasteiger partial charge in [-0.25, -0.2) is 4.98 Å². The van der Waals surface area contributed by atoms with E-state index in [-0.39, 0.29) is 24.7 Å². The van der Waals surface area contributed by atoms with Gasteiger partial charge < -0.3 is 15.7 Å². The Morgan fingerprint density at radius 2 is 2.40 bits per heavy atom. The van der Waals surface area contributed by atoms with E-state index >= 15 is 0 Å². The standard InChI is InChI=1S/C9H10ClN3O2/c10-5-1-7(9(11)12-3-5)13-4-6(14)2-8(13)15/h1,3,6,14H,2,4H2,(H2,11,12). The number of nitrogens with zero attached hydrogens (tertiary/aromatic N) is 2. The number of rotatable bonds is 1.